The molecule has 1 amide bonds. The highest BCUT2D eigenvalue weighted by molar-refractivity contribution is 5.86. The maximum atomic E-state index is 12.4. The largest absolute Gasteiger partial charge is 0.381 e. The van der Waals surface area contributed by atoms with Crippen molar-refractivity contribution in [2.24, 2.45) is 5.73 Å². The molecule has 2 aliphatic rings. The molecule has 16 heavy (non-hydrogen) atoms. The Hall–Kier alpha value is -0.610. The van der Waals surface area contributed by atoms with Gasteiger partial charge in [0.05, 0.1) is 5.54 Å². The molecule has 0 radical (unpaired) electrons. The molecule has 4 nitrogen and oxygen atoms in total. The van der Waals surface area contributed by atoms with Crippen LogP contribution in [0.25, 0.3) is 0 Å². The fraction of sp³-hybridized carbons (Fsp3) is 0.917. The van der Waals surface area contributed by atoms with Gasteiger partial charge in [-0.1, -0.05) is 12.8 Å². The summed E-state index contributed by atoms with van der Waals surface area (Å²) in [6.07, 6.45) is 6.07. The Morgan fingerprint density at radius 3 is 2.19 bits per heavy atom. The Bertz CT molecular complexity index is 241. The molecule has 0 aromatic carbocycles. The van der Waals surface area contributed by atoms with Gasteiger partial charge in [-0.05, 0) is 25.7 Å². The zero-order valence-corrected chi connectivity index (χ0v) is 9.91. The van der Waals surface area contributed by atoms with Crippen molar-refractivity contribution in [1.82, 2.24) is 4.90 Å². The summed E-state index contributed by atoms with van der Waals surface area (Å²) in [4.78, 5) is 14.3. The van der Waals surface area contributed by atoms with E-state index in [9.17, 15) is 4.79 Å². The average molecular weight is 226 g/mol. The van der Waals surface area contributed by atoms with E-state index in [-0.39, 0.29) is 5.91 Å². The van der Waals surface area contributed by atoms with E-state index in [1.165, 1.54) is 12.8 Å². The maximum absolute atomic E-state index is 12.4. The molecule has 0 aliphatic carbocycles. The van der Waals surface area contributed by atoms with E-state index in [2.05, 4.69) is 0 Å². The lowest BCUT2D eigenvalue weighted by atomic mass is 9.89. The molecule has 2 aliphatic heterocycles. The number of likely N-dealkylation sites (tertiary alicyclic amines) is 1. The van der Waals surface area contributed by atoms with Gasteiger partial charge in [0.2, 0.25) is 5.91 Å². The summed E-state index contributed by atoms with van der Waals surface area (Å²) < 4.78 is 5.28. The number of carbonyl (C=O) groups is 1. The van der Waals surface area contributed by atoms with Crippen LogP contribution in [0.15, 0.2) is 0 Å². The molecule has 0 aromatic rings. The number of hydrogen-bond acceptors (Lipinski definition) is 3. The van der Waals surface area contributed by atoms with E-state index in [4.69, 9.17) is 10.5 Å². The van der Waals surface area contributed by atoms with Crippen molar-refractivity contribution in [2.75, 3.05) is 26.3 Å². The van der Waals surface area contributed by atoms with Crippen LogP contribution in [-0.2, 0) is 9.53 Å². The van der Waals surface area contributed by atoms with Crippen LogP contribution >= 0.6 is 0 Å². The monoisotopic (exact) mass is 226 g/mol. The van der Waals surface area contributed by atoms with Crippen molar-refractivity contribution in [3.05, 3.63) is 0 Å². The summed E-state index contributed by atoms with van der Waals surface area (Å²) in [5.41, 5.74) is 5.56. The zero-order chi connectivity index (χ0) is 11.4. The van der Waals surface area contributed by atoms with Crippen LogP contribution in [0.4, 0.5) is 0 Å². The van der Waals surface area contributed by atoms with Crippen molar-refractivity contribution in [3.8, 4) is 0 Å². The number of hydrogen-bond donors (Lipinski definition) is 1. The minimum absolute atomic E-state index is 0.151. The molecule has 0 atom stereocenters. The van der Waals surface area contributed by atoms with E-state index in [1.54, 1.807) is 0 Å². The summed E-state index contributed by atoms with van der Waals surface area (Å²) >= 11 is 0. The smallest absolute Gasteiger partial charge is 0.242 e. The molecule has 2 heterocycles. The Kier molecular flexibility index (Phi) is 3.82. The minimum Gasteiger partial charge on any atom is -0.381 e. The number of amides is 1. The highest BCUT2D eigenvalue weighted by Crippen LogP contribution is 2.22. The lowest BCUT2D eigenvalue weighted by molar-refractivity contribution is -0.140. The van der Waals surface area contributed by atoms with Crippen molar-refractivity contribution in [2.45, 2.75) is 44.1 Å². The van der Waals surface area contributed by atoms with E-state index in [0.29, 0.717) is 26.1 Å². The third kappa shape index (κ3) is 2.55. The topological polar surface area (TPSA) is 55.6 Å². The number of nitrogens with two attached hydrogens (primary N) is 1. The Balaban J connectivity index is 1.98. The fourth-order valence-corrected chi connectivity index (χ4v) is 2.54. The van der Waals surface area contributed by atoms with Crippen LogP contribution in [0.3, 0.4) is 0 Å². The molecule has 0 spiro atoms. The van der Waals surface area contributed by atoms with Crippen molar-refractivity contribution >= 4 is 5.91 Å². The second-order valence-electron chi connectivity index (χ2n) is 4.97. The van der Waals surface area contributed by atoms with Crippen molar-refractivity contribution in [3.63, 3.8) is 0 Å². The fourth-order valence-electron chi connectivity index (χ4n) is 2.54. The lowest BCUT2D eigenvalue weighted by Crippen LogP contribution is -2.58. The summed E-state index contributed by atoms with van der Waals surface area (Å²) in [5.74, 6) is 0.151. The van der Waals surface area contributed by atoms with Gasteiger partial charge in [0.15, 0.2) is 0 Å². The number of nitrogens with zero attached hydrogens (tertiary/aromatic N) is 1. The third-order valence-electron chi connectivity index (χ3n) is 3.70. The van der Waals surface area contributed by atoms with Gasteiger partial charge >= 0.3 is 0 Å². The predicted molar refractivity (Wildman–Crippen MR) is 62.0 cm³/mol. The standard InChI is InChI=1S/C12H22N2O2/c13-12(5-9-16-10-6-12)11(15)14-7-3-1-2-4-8-14/h1-10,13H2. The van der Waals surface area contributed by atoms with Gasteiger partial charge in [-0.25, -0.2) is 0 Å². The molecular formula is C12H22N2O2. The first-order valence-electron chi connectivity index (χ1n) is 6.38. The first kappa shape index (κ1) is 11.9. The molecule has 0 aromatic heterocycles. The van der Waals surface area contributed by atoms with Gasteiger partial charge in [0, 0.05) is 26.3 Å². The second-order valence-corrected chi connectivity index (χ2v) is 4.97. The van der Waals surface area contributed by atoms with E-state index >= 15 is 0 Å². The summed E-state index contributed by atoms with van der Waals surface area (Å²) in [6.45, 7) is 3.02. The molecule has 0 bridgehead atoms. The number of carbonyl (C=O) groups excluding carboxylic acids is 1. The summed E-state index contributed by atoms with van der Waals surface area (Å²) in [7, 11) is 0. The Labute approximate surface area is 97.1 Å². The molecule has 2 fully saturated rings. The van der Waals surface area contributed by atoms with Gasteiger partial charge in [-0.3, -0.25) is 4.79 Å². The summed E-state index contributed by atoms with van der Waals surface area (Å²) in [5, 5.41) is 0. The summed E-state index contributed by atoms with van der Waals surface area (Å²) in [6, 6.07) is 0. The van der Waals surface area contributed by atoms with Crippen molar-refractivity contribution < 1.29 is 9.53 Å². The van der Waals surface area contributed by atoms with Gasteiger partial charge in [-0.2, -0.15) is 0 Å². The molecule has 0 unspecified atom stereocenters. The van der Waals surface area contributed by atoms with Crippen LogP contribution < -0.4 is 5.73 Å². The van der Waals surface area contributed by atoms with Gasteiger partial charge < -0.3 is 15.4 Å². The molecule has 0 saturated carbocycles. The van der Waals surface area contributed by atoms with Gasteiger partial charge in [0.25, 0.3) is 0 Å². The van der Waals surface area contributed by atoms with E-state index in [0.717, 1.165) is 25.9 Å². The normalized spacial score (nSPS) is 26.2. The molecule has 92 valence electrons. The van der Waals surface area contributed by atoms with E-state index < -0.39 is 5.54 Å². The molecule has 2 rings (SSSR count). The predicted octanol–water partition coefficient (Wildman–Crippen LogP) is 0.897. The highest BCUT2D eigenvalue weighted by Gasteiger charge is 2.38. The van der Waals surface area contributed by atoms with Crippen LogP contribution in [0.5, 0.6) is 0 Å². The highest BCUT2D eigenvalue weighted by atomic mass is 16.5. The second kappa shape index (κ2) is 5.15. The molecule has 2 saturated heterocycles. The maximum Gasteiger partial charge on any atom is 0.242 e. The first-order valence-corrected chi connectivity index (χ1v) is 6.38. The number of ether oxygens (including phenoxy) is 1. The molecule has 4 heteroatoms. The molecule has 2 N–H and O–H groups in total. The zero-order valence-electron chi connectivity index (χ0n) is 9.91. The van der Waals surface area contributed by atoms with Crippen LogP contribution in [0, 0.1) is 0 Å². The number of rotatable bonds is 1. The Morgan fingerprint density at radius 2 is 1.62 bits per heavy atom. The molecular weight excluding hydrogens is 204 g/mol. The van der Waals surface area contributed by atoms with Crippen LogP contribution in [0.2, 0.25) is 0 Å². The third-order valence-corrected chi connectivity index (χ3v) is 3.70. The minimum atomic E-state index is -0.650. The van der Waals surface area contributed by atoms with Crippen LogP contribution in [-0.4, -0.2) is 42.6 Å². The van der Waals surface area contributed by atoms with Crippen LogP contribution in [0.1, 0.15) is 38.5 Å². The lowest BCUT2D eigenvalue weighted by Gasteiger charge is -2.36. The Morgan fingerprint density at radius 1 is 1.06 bits per heavy atom. The first-order chi connectivity index (χ1) is 7.72. The van der Waals surface area contributed by atoms with Crippen molar-refractivity contribution in [1.29, 1.82) is 0 Å². The van der Waals surface area contributed by atoms with Gasteiger partial charge in [-0.15, -0.1) is 0 Å². The van der Waals surface area contributed by atoms with Gasteiger partial charge in [0.1, 0.15) is 0 Å². The quantitative estimate of drug-likeness (QED) is 0.722. The van der Waals surface area contributed by atoms with E-state index in [1.807, 2.05) is 4.90 Å². The average Bonchev–Trinajstić information content (AvgIpc) is 2.57. The SMILES string of the molecule is NC1(C(=O)N2CCCCCC2)CCOCC1.